The van der Waals surface area contributed by atoms with E-state index in [-0.39, 0.29) is 29.1 Å². The van der Waals surface area contributed by atoms with Crippen LogP contribution in [0.1, 0.15) is 32.6 Å². The third kappa shape index (κ3) is 4.62. The van der Waals surface area contributed by atoms with Gasteiger partial charge in [0.2, 0.25) is 15.9 Å². The molecule has 0 unspecified atom stereocenters. The molecule has 1 aromatic carbocycles. The van der Waals surface area contributed by atoms with Gasteiger partial charge in [-0.05, 0) is 38.0 Å². The molecular weight excluding hydrogens is 352 g/mol. The van der Waals surface area contributed by atoms with Crippen LogP contribution in [0.25, 0.3) is 0 Å². The fourth-order valence-corrected chi connectivity index (χ4v) is 4.27. The van der Waals surface area contributed by atoms with Gasteiger partial charge in [-0.1, -0.05) is 24.4 Å². The molecule has 1 aliphatic carbocycles. The summed E-state index contributed by atoms with van der Waals surface area (Å²) in [6, 6.07) is 4.58. The molecule has 0 aliphatic heterocycles. The lowest BCUT2D eigenvalue weighted by Gasteiger charge is -2.20. The van der Waals surface area contributed by atoms with Crippen molar-refractivity contribution in [1.29, 1.82) is 0 Å². The van der Waals surface area contributed by atoms with Crippen LogP contribution in [-0.2, 0) is 14.8 Å². The van der Waals surface area contributed by atoms with E-state index >= 15 is 0 Å². The van der Waals surface area contributed by atoms with E-state index in [1.807, 2.05) is 0 Å². The van der Waals surface area contributed by atoms with Crippen molar-refractivity contribution < 1.29 is 17.9 Å². The number of hydrogen-bond acceptors (Lipinski definition) is 4. The number of nitrogens with one attached hydrogen (secondary N) is 1. The fourth-order valence-electron chi connectivity index (χ4n) is 2.76. The van der Waals surface area contributed by atoms with Crippen LogP contribution >= 0.6 is 11.6 Å². The maximum atomic E-state index is 12.8. The van der Waals surface area contributed by atoms with E-state index in [1.54, 1.807) is 13.0 Å². The molecule has 0 atom stereocenters. The van der Waals surface area contributed by atoms with E-state index in [9.17, 15) is 13.2 Å². The number of hydrogen-bond donors (Lipinski definition) is 1. The summed E-state index contributed by atoms with van der Waals surface area (Å²) in [7, 11) is -2.50. The highest BCUT2D eigenvalue weighted by molar-refractivity contribution is 7.89. The third-order valence-corrected chi connectivity index (χ3v) is 6.04. The minimum absolute atomic E-state index is 0.0342. The Morgan fingerprint density at radius 3 is 2.67 bits per heavy atom. The van der Waals surface area contributed by atoms with Crippen molar-refractivity contribution in [2.24, 2.45) is 0 Å². The fraction of sp³-hybridized carbons (Fsp3) is 0.562. The largest absolute Gasteiger partial charge is 0.492 e. The van der Waals surface area contributed by atoms with Crippen LogP contribution in [0.5, 0.6) is 5.75 Å². The first kappa shape index (κ1) is 19.0. The summed E-state index contributed by atoms with van der Waals surface area (Å²) in [5.41, 5.74) is 0. The predicted molar refractivity (Wildman–Crippen MR) is 92.8 cm³/mol. The second-order valence-corrected chi connectivity index (χ2v) is 8.28. The number of nitrogens with zero attached hydrogens (tertiary/aromatic N) is 1. The molecular formula is C16H23ClN2O4S. The minimum atomic E-state index is -3.88. The molecule has 1 fully saturated rings. The molecule has 1 saturated carbocycles. The third-order valence-electron chi connectivity index (χ3n) is 3.98. The summed E-state index contributed by atoms with van der Waals surface area (Å²) in [6.45, 7) is 1.86. The van der Waals surface area contributed by atoms with Crippen molar-refractivity contribution in [3.8, 4) is 5.75 Å². The molecule has 0 heterocycles. The maximum absolute atomic E-state index is 12.8. The molecule has 24 heavy (non-hydrogen) atoms. The molecule has 0 bridgehead atoms. The number of ether oxygens (including phenoxy) is 1. The molecule has 2 rings (SSSR count). The van der Waals surface area contributed by atoms with Gasteiger partial charge in [-0.2, -0.15) is 4.31 Å². The van der Waals surface area contributed by atoms with Gasteiger partial charge < -0.3 is 10.1 Å². The number of amides is 1. The van der Waals surface area contributed by atoms with Gasteiger partial charge in [0, 0.05) is 18.1 Å². The molecule has 0 saturated heterocycles. The van der Waals surface area contributed by atoms with Crippen LogP contribution in [0.2, 0.25) is 5.02 Å². The zero-order chi connectivity index (χ0) is 17.7. The zero-order valence-electron chi connectivity index (χ0n) is 13.9. The summed E-state index contributed by atoms with van der Waals surface area (Å²) in [4.78, 5) is 12.1. The summed E-state index contributed by atoms with van der Waals surface area (Å²) in [5, 5.41) is 3.17. The first-order valence-electron chi connectivity index (χ1n) is 8.02. The first-order valence-corrected chi connectivity index (χ1v) is 9.84. The monoisotopic (exact) mass is 374 g/mol. The van der Waals surface area contributed by atoms with Gasteiger partial charge in [0.05, 0.1) is 13.2 Å². The first-order chi connectivity index (χ1) is 11.3. The average Bonchev–Trinajstić information content (AvgIpc) is 3.01. The number of sulfonamides is 1. The highest BCUT2D eigenvalue weighted by atomic mass is 35.5. The quantitative estimate of drug-likeness (QED) is 0.795. The maximum Gasteiger partial charge on any atom is 0.247 e. The highest BCUT2D eigenvalue weighted by Crippen LogP contribution is 2.29. The van der Waals surface area contributed by atoms with E-state index in [1.165, 1.54) is 19.2 Å². The number of rotatable bonds is 7. The number of halogens is 1. The Morgan fingerprint density at radius 2 is 2.04 bits per heavy atom. The van der Waals surface area contributed by atoms with Gasteiger partial charge in [0.15, 0.2) is 0 Å². The molecule has 1 amide bonds. The molecule has 134 valence electrons. The van der Waals surface area contributed by atoms with Crippen LogP contribution in [0, 0.1) is 0 Å². The lowest BCUT2D eigenvalue weighted by Crippen LogP contribution is -2.41. The van der Waals surface area contributed by atoms with Crippen molar-refractivity contribution in [1.82, 2.24) is 9.62 Å². The summed E-state index contributed by atoms with van der Waals surface area (Å²) in [6.07, 6.45) is 4.09. The van der Waals surface area contributed by atoms with Crippen molar-refractivity contribution in [2.75, 3.05) is 20.2 Å². The molecule has 1 N–H and O–H groups in total. The van der Waals surface area contributed by atoms with Crippen molar-refractivity contribution in [3.63, 3.8) is 0 Å². The van der Waals surface area contributed by atoms with Gasteiger partial charge in [-0.15, -0.1) is 0 Å². The predicted octanol–water partition coefficient (Wildman–Crippen LogP) is 2.42. The summed E-state index contributed by atoms with van der Waals surface area (Å²) < 4.78 is 31.9. The topological polar surface area (TPSA) is 75.7 Å². The smallest absolute Gasteiger partial charge is 0.247 e. The van der Waals surface area contributed by atoms with Crippen LogP contribution in [0.3, 0.4) is 0 Å². The molecule has 6 nitrogen and oxygen atoms in total. The molecule has 0 spiro atoms. The second kappa shape index (κ2) is 8.18. The number of benzene rings is 1. The lowest BCUT2D eigenvalue weighted by atomic mass is 10.2. The zero-order valence-corrected chi connectivity index (χ0v) is 15.5. The molecule has 1 aliphatic rings. The Kier molecular flexibility index (Phi) is 6.48. The molecule has 0 aromatic heterocycles. The van der Waals surface area contributed by atoms with E-state index < -0.39 is 10.0 Å². The molecule has 0 radical (unpaired) electrons. The Balaban J connectivity index is 2.13. The van der Waals surface area contributed by atoms with Crippen LogP contribution in [0.4, 0.5) is 0 Å². The van der Waals surface area contributed by atoms with Gasteiger partial charge in [-0.3, -0.25) is 4.79 Å². The molecule has 1 aromatic rings. The Hall–Kier alpha value is -1.31. The minimum Gasteiger partial charge on any atom is -0.492 e. The number of carbonyl (C=O) groups is 1. The van der Waals surface area contributed by atoms with Crippen molar-refractivity contribution in [2.45, 2.75) is 43.5 Å². The standard InChI is InChI=1S/C16H23ClN2O4S/c1-3-23-14-9-8-12(17)10-15(14)24(21,22)19(2)11-16(20)18-13-6-4-5-7-13/h8-10,13H,3-7,11H2,1-2H3,(H,18,20). The van der Waals surface area contributed by atoms with Crippen molar-refractivity contribution >= 4 is 27.5 Å². The lowest BCUT2D eigenvalue weighted by molar-refractivity contribution is -0.121. The number of likely N-dealkylation sites (N-methyl/N-ethyl adjacent to an activating group) is 1. The van der Waals surface area contributed by atoms with Gasteiger partial charge in [0.25, 0.3) is 0 Å². The SMILES string of the molecule is CCOc1ccc(Cl)cc1S(=O)(=O)N(C)CC(=O)NC1CCCC1. The van der Waals surface area contributed by atoms with Gasteiger partial charge in [-0.25, -0.2) is 8.42 Å². The van der Waals surface area contributed by atoms with Crippen molar-refractivity contribution in [3.05, 3.63) is 23.2 Å². The Morgan fingerprint density at radius 1 is 1.38 bits per heavy atom. The Bertz CT molecular complexity index is 687. The van der Waals surface area contributed by atoms with E-state index in [4.69, 9.17) is 16.3 Å². The van der Waals surface area contributed by atoms with Gasteiger partial charge >= 0.3 is 0 Å². The molecule has 8 heteroatoms. The van der Waals surface area contributed by atoms with E-state index in [2.05, 4.69) is 5.32 Å². The van der Waals surface area contributed by atoms with Crippen LogP contribution in [0.15, 0.2) is 23.1 Å². The summed E-state index contributed by atoms with van der Waals surface area (Å²) in [5.74, 6) is -0.0714. The second-order valence-electron chi connectivity index (χ2n) is 5.83. The Labute approximate surface area is 148 Å². The number of carbonyl (C=O) groups excluding carboxylic acids is 1. The van der Waals surface area contributed by atoms with E-state index in [0.29, 0.717) is 11.6 Å². The van der Waals surface area contributed by atoms with Crippen LogP contribution < -0.4 is 10.1 Å². The van der Waals surface area contributed by atoms with E-state index in [0.717, 1.165) is 30.0 Å². The highest BCUT2D eigenvalue weighted by Gasteiger charge is 2.28. The van der Waals surface area contributed by atoms with Crippen LogP contribution in [-0.4, -0.2) is 44.9 Å². The summed E-state index contributed by atoms with van der Waals surface area (Å²) >= 11 is 5.93. The average molecular weight is 375 g/mol. The normalized spacial score (nSPS) is 15.7. The van der Waals surface area contributed by atoms with Gasteiger partial charge in [0.1, 0.15) is 10.6 Å².